The fourth-order valence-corrected chi connectivity index (χ4v) is 2.84. The second kappa shape index (κ2) is 4.85. The normalized spacial score (nSPS) is 29.4. The van der Waals surface area contributed by atoms with Crippen molar-refractivity contribution in [3.8, 4) is 5.75 Å². The standard InChI is InChI=1S/C15H20N2O2/c1-15(7-8-16-10-15)14(18)17-12-6-9-19-13-5-3-2-4-11(12)13/h2-5,12,16H,6-10H2,1H3,(H,17,18). The summed E-state index contributed by atoms with van der Waals surface area (Å²) in [5.74, 6) is 1.05. The molecule has 2 unspecified atom stereocenters. The average Bonchev–Trinajstić information content (AvgIpc) is 2.87. The van der Waals surface area contributed by atoms with Gasteiger partial charge in [0.1, 0.15) is 5.75 Å². The highest BCUT2D eigenvalue weighted by atomic mass is 16.5. The second-order valence-corrected chi connectivity index (χ2v) is 5.69. The molecule has 1 aromatic carbocycles. The third-order valence-electron chi connectivity index (χ3n) is 4.18. The summed E-state index contributed by atoms with van der Waals surface area (Å²) in [6, 6.07) is 8.03. The summed E-state index contributed by atoms with van der Waals surface area (Å²) in [5.41, 5.74) is 0.824. The molecule has 0 radical (unpaired) electrons. The van der Waals surface area contributed by atoms with Crippen molar-refractivity contribution in [2.45, 2.75) is 25.8 Å². The lowest BCUT2D eigenvalue weighted by atomic mass is 9.87. The largest absolute Gasteiger partial charge is 0.493 e. The quantitative estimate of drug-likeness (QED) is 0.849. The van der Waals surface area contributed by atoms with Crippen molar-refractivity contribution in [1.29, 1.82) is 0 Å². The van der Waals surface area contributed by atoms with E-state index in [1.165, 1.54) is 0 Å². The van der Waals surface area contributed by atoms with Crippen molar-refractivity contribution in [2.24, 2.45) is 5.41 Å². The van der Waals surface area contributed by atoms with E-state index < -0.39 is 0 Å². The monoisotopic (exact) mass is 260 g/mol. The Bertz CT molecular complexity index is 481. The third kappa shape index (κ3) is 2.32. The number of nitrogens with one attached hydrogen (secondary N) is 2. The predicted molar refractivity (Wildman–Crippen MR) is 73.0 cm³/mol. The summed E-state index contributed by atoms with van der Waals surface area (Å²) in [5, 5.41) is 6.46. The zero-order valence-corrected chi connectivity index (χ0v) is 11.2. The fraction of sp³-hybridized carbons (Fsp3) is 0.533. The molecule has 2 N–H and O–H groups in total. The molecule has 0 bridgehead atoms. The van der Waals surface area contributed by atoms with Crippen LogP contribution in [0.4, 0.5) is 0 Å². The molecule has 2 heterocycles. The van der Waals surface area contributed by atoms with Crippen LogP contribution in [0.1, 0.15) is 31.4 Å². The van der Waals surface area contributed by atoms with E-state index in [0.717, 1.165) is 37.2 Å². The molecule has 1 fully saturated rings. The Kier molecular flexibility index (Phi) is 3.19. The first-order chi connectivity index (χ1) is 9.19. The molecule has 0 saturated carbocycles. The zero-order valence-electron chi connectivity index (χ0n) is 11.2. The van der Waals surface area contributed by atoms with Crippen molar-refractivity contribution in [3.63, 3.8) is 0 Å². The van der Waals surface area contributed by atoms with Gasteiger partial charge in [-0.25, -0.2) is 0 Å². The summed E-state index contributed by atoms with van der Waals surface area (Å²) >= 11 is 0. The third-order valence-corrected chi connectivity index (χ3v) is 4.18. The van der Waals surface area contributed by atoms with Crippen LogP contribution in [0.25, 0.3) is 0 Å². The van der Waals surface area contributed by atoms with Gasteiger partial charge in [-0.1, -0.05) is 18.2 Å². The topological polar surface area (TPSA) is 50.4 Å². The number of amides is 1. The number of para-hydroxylation sites is 1. The van der Waals surface area contributed by atoms with E-state index in [-0.39, 0.29) is 17.4 Å². The lowest BCUT2D eigenvalue weighted by Gasteiger charge is -2.30. The molecule has 19 heavy (non-hydrogen) atoms. The van der Waals surface area contributed by atoms with Crippen LogP contribution < -0.4 is 15.4 Å². The summed E-state index contributed by atoms with van der Waals surface area (Å²) in [6.45, 7) is 4.39. The summed E-state index contributed by atoms with van der Waals surface area (Å²) in [7, 11) is 0. The molecule has 3 rings (SSSR count). The average molecular weight is 260 g/mol. The van der Waals surface area contributed by atoms with Crippen LogP contribution in [0.15, 0.2) is 24.3 Å². The molecule has 0 spiro atoms. The fourth-order valence-electron chi connectivity index (χ4n) is 2.84. The molecule has 1 aromatic rings. The first kappa shape index (κ1) is 12.5. The van der Waals surface area contributed by atoms with Crippen molar-refractivity contribution in [2.75, 3.05) is 19.7 Å². The van der Waals surface area contributed by atoms with Crippen LogP contribution in [0.5, 0.6) is 5.75 Å². The van der Waals surface area contributed by atoms with Gasteiger partial charge in [-0.3, -0.25) is 4.79 Å². The maximum atomic E-state index is 12.5. The minimum absolute atomic E-state index is 0.0786. The minimum atomic E-state index is -0.271. The summed E-state index contributed by atoms with van der Waals surface area (Å²) < 4.78 is 5.62. The number of carbonyl (C=O) groups excluding carboxylic acids is 1. The molecule has 2 atom stereocenters. The number of hydrogen-bond donors (Lipinski definition) is 2. The highest BCUT2D eigenvalue weighted by Gasteiger charge is 2.37. The Balaban J connectivity index is 1.76. The van der Waals surface area contributed by atoms with E-state index in [9.17, 15) is 4.79 Å². The maximum Gasteiger partial charge on any atom is 0.227 e. The smallest absolute Gasteiger partial charge is 0.227 e. The van der Waals surface area contributed by atoms with E-state index in [1.54, 1.807) is 0 Å². The van der Waals surface area contributed by atoms with Crippen LogP contribution in [-0.4, -0.2) is 25.6 Å². The molecule has 2 aliphatic rings. The van der Waals surface area contributed by atoms with E-state index >= 15 is 0 Å². The van der Waals surface area contributed by atoms with Crippen molar-refractivity contribution < 1.29 is 9.53 Å². The van der Waals surface area contributed by atoms with Crippen LogP contribution in [-0.2, 0) is 4.79 Å². The molecule has 4 nitrogen and oxygen atoms in total. The lowest BCUT2D eigenvalue weighted by molar-refractivity contribution is -0.130. The molecular weight excluding hydrogens is 240 g/mol. The van der Waals surface area contributed by atoms with Gasteiger partial charge in [0, 0.05) is 18.5 Å². The van der Waals surface area contributed by atoms with Crippen LogP contribution in [0, 0.1) is 5.41 Å². The molecule has 4 heteroatoms. The van der Waals surface area contributed by atoms with Gasteiger partial charge in [-0.2, -0.15) is 0 Å². The van der Waals surface area contributed by atoms with Gasteiger partial charge in [-0.15, -0.1) is 0 Å². The van der Waals surface area contributed by atoms with Crippen molar-refractivity contribution >= 4 is 5.91 Å². The first-order valence-corrected chi connectivity index (χ1v) is 6.92. The Labute approximate surface area is 113 Å². The Morgan fingerprint density at radius 3 is 3.11 bits per heavy atom. The minimum Gasteiger partial charge on any atom is -0.493 e. The van der Waals surface area contributed by atoms with E-state index in [2.05, 4.69) is 10.6 Å². The van der Waals surface area contributed by atoms with Gasteiger partial charge in [0.15, 0.2) is 0 Å². The maximum absolute atomic E-state index is 12.5. The number of carbonyl (C=O) groups is 1. The van der Waals surface area contributed by atoms with Gasteiger partial charge in [0.2, 0.25) is 5.91 Å². The number of ether oxygens (including phenoxy) is 1. The lowest BCUT2D eigenvalue weighted by Crippen LogP contribution is -2.43. The van der Waals surface area contributed by atoms with Crippen molar-refractivity contribution in [3.05, 3.63) is 29.8 Å². The Morgan fingerprint density at radius 1 is 1.47 bits per heavy atom. The van der Waals surface area contributed by atoms with E-state index in [0.29, 0.717) is 6.61 Å². The van der Waals surface area contributed by atoms with Gasteiger partial charge < -0.3 is 15.4 Å². The van der Waals surface area contributed by atoms with Crippen molar-refractivity contribution in [1.82, 2.24) is 10.6 Å². The predicted octanol–water partition coefficient (Wildman–Crippen LogP) is 1.63. The van der Waals surface area contributed by atoms with E-state index in [4.69, 9.17) is 4.74 Å². The summed E-state index contributed by atoms with van der Waals surface area (Å²) in [6.07, 6.45) is 1.75. The van der Waals surface area contributed by atoms with Gasteiger partial charge in [0.05, 0.1) is 18.1 Å². The highest BCUT2D eigenvalue weighted by molar-refractivity contribution is 5.83. The molecule has 1 saturated heterocycles. The Hall–Kier alpha value is -1.55. The molecule has 0 aliphatic carbocycles. The van der Waals surface area contributed by atoms with Gasteiger partial charge >= 0.3 is 0 Å². The zero-order chi connectivity index (χ0) is 13.3. The molecule has 1 amide bonds. The molecular formula is C15H20N2O2. The molecule has 102 valence electrons. The number of hydrogen-bond acceptors (Lipinski definition) is 3. The van der Waals surface area contributed by atoms with Crippen LogP contribution in [0.2, 0.25) is 0 Å². The highest BCUT2D eigenvalue weighted by Crippen LogP contribution is 2.33. The molecule has 2 aliphatic heterocycles. The SMILES string of the molecule is CC1(C(=O)NC2CCOc3ccccc32)CCNC1. The molecule has 0 aromatic heterocycles. The van der Waals surface area contributed by atoms with Crippen LogP contribution >= 0.6 is 0 Å². The first-order valence-electron chi connectivity index (χ1n) is 6.92. The van der Waals surface area contributed by atoms with E-state index in [1.807, 2.05) is 31.2 Å². The van der Waals surface area contributed by atoms with Crippen LogP contribution in [0.3, 0.4) is 0 Å². The number of rotatable bonds is 2. The summed E-state index contributed by atoms with van der Waals surface area (Å²) in [4.78, 5) is 12.5. The second-order valence-electron chi connectivity index (χ2n) is 5.69. The Morgan fingerprint density at radius 2 is 2.32 bits per heavy atom. The number of fused-ring (bicyclic) bond motifs is 1. The van der Waals surface area contributed by atoms with Gasteiger partial charge in [-0.05, 0) is 26.0 Å². The van der Waals surface area contributed by atoms with Gasteiger partial charge in [0.25, 0.3) is 0 Å². The number of benzene rings is 1.